The van der Waals surface area contributed by atoms with Gasteiger partial charge < -0.3 is 10.1 Å². The molecule has 1 heterocycles. The average Bonchev–Trinajstić information content (AvgIpc) is 2.87. The maximum Gasteiger partial charge on any atom is 0.228 e. The molecule has 0 aromatic heterocycles. The van der Waals surface area contributed by atoms with Gasteiger partial charge in [0, 0.05) is 34.4 Å². The summed E-state index contributed by atoms with van der Waals surface area (Å²) >= 11 is 12.3. The van der Waals surface area contributed by atoms with Crippen molar-refractivity contribution in [2.45, 2.75) is 25.2 Å². The Morgan fingerprint density at radius 3 is 2.34 bits per heavy atom. The minimum Gasteiger partial charge on any atom is -0.489 e. The van der Waals surface area contributed by atoms with Crippen molar-refractivity contribution in [2.24, 2.45) is 5.92 Å². The fourth-order valence-electron chi connectivity index (χ4n) is 3.97. The molecule has 0 saturated carbocycles. The number of hydrogen-bond acceptors (Lipinski definition) is 4. The SMILES string of the molecule is O=C(Nc1ccc(OCc2ccccc2)cc1)[C@@H]1CCCN(S(=O)(=O)Cc2c(Cl)cccc2Cl)C1. The van der Waals surface area contributed by atoms with E-state index < -0.39 is 15.9 Å². The van der Waals surface area contributed by atoms with E-state index >= 15 is 0 Å². The molecule has 4 rings (SSSR count). The third-order valence-corrected chi connectivity index (χ3v) is 8.39. The molecule has 0 radical (unpaired) electrons. The lowest BCUT2D eigenvalue weighted by atomic mass is 9.99. The van der Waals surface area contributed by atoms with E-state index in [1.807, 2.05) is 30.3 Å². The number of sulfonamides is 1. The molecule has 35 heavy (non-hydrogen) atoms. The quantitative estimate of drug-likeness (QED) is 0.400. The summed E-state index contributed by atoms with van der Waals surface area (Å²) in [6.45, 7) is 0.939. The number of hydrogen-bond donors (Lipinski definition) is 1. The number of amides is 1. The van der Waals surface area contributed by atoms with Crippen LogP contribution < -0.4 is 10.1 Å². The molecule has 0 aliphatic carbocycles. The molecule has 0 spiro atoms. The summed E-state index contributed by atoms with van der Waals surface area (Å²) in [5.41, 5.74) is 2.07. The van der Waals surface area contributed by atoms with Gasteiger partial charge in [0.1, 0.15) is 12.4 Å². The highest BCUT2D eigenvalue weighted by Gasteiger charge is 2.33. The van der Waals surface area contributed by atoms with E-state index in [0.717, 1.165) is 5.56 Å². The molecule has 0 unspecified atom stereocenters. The number of ether oxygens (including phenoxy) is 1. The second kappa shape index (κ2) is 11.4. The molecule has 3 aromatic carbocycles. The van der Waals surface area contributed by atoms with E-state index in [-0.39, 0.29) is 18.2 Å². The second-order valence-electron chi connectivity index (χ2n) is 8.44. The van der Waals surface area contributed by atoms with Crippen LogP contribution in [0.2, 0.25) is 10.0 Å². The highest BCUT2D eigenvalue weighted by atomic mass is 35.5. The van der Waals surface area contributed by atoms with Gasteiger partial charge in [-0.1, -0.05) is 59.6 Å². The lowest BCUT2D eigenvalue weighted by molar-refractivity contribution is -0.120. The Morgan fingerprint density at radius 2 is 1.66 bits per heavy atom. The van der Waals surface area contributed by atoms with Crippen molar-refractivity contribution >= 4 is 44.8 Å². The Hall–Kier alpha value is -2.58. The summed E-state index contributed by atoms with van der Waals surface area (Å²) in [6, 6.07) is 21.9. The van der Waals surface area contributed by atoms with E-state index in [1.165, 1.54) is 4.31 Å². The Kier molecular flexibility index (Phi) is 8.34. The zero-order valence-corrected chi connectivity index (χ0v) is 21.3. The maximum atomic E-state index is 13.1. The summed E-state index contributed by atoms with van der Waals surface area (Å²) in [5, 5.41) is 3.51. The van der Waals surface area contributed by atoms with Gasteiger partial charge in [0.25, 0.3) is 0 Å². The first-order valence-corrected chi connectivity index (χ1v) is 13.7. The second-order valence-corrected chi connectivity index (χ2v) is 11.2. The van der Waals surface area contributed by atoms with Gasteiger partial charge in [0.15, 0.2) is 0 Å². The van der Waals surface area contributed by atoms with E-state index in [9.17, 15) is 13.2 Å². The van der Waals surface area contributed by atoms with Gasteiger partial charge in [-0.05, 0) is 54.8 Å². The molecule has 0 bridgehead atoms. The van der Waals surface area contributed by atoms with Crippen molar-refractivity contribution < 1.29 is 17.9 Å². The molecule has 1 fully saturated rings. The summed E-state index contributed by atoms with van der Waals surface area (Å²) in [4.78, 5) is 12.9. The van der Waals surface area contributed by atoms with E-state index in [4.69, 9.17) is 27.9 Å². The van der Waals surface area contributed by atoms with Crippen LogP contribution in [0.25, 0.3) is 0 Å². The topological polar surface area (TPSA) is 75.7 Å². The number of benzene rings is 3. The maximum absolute atomic E-state index is 13.1. The van der Waals surface area contributed by atoms with Crippen LogP contribution in [-0.2, 0) is 27.2 Å². The number of anilines is 1. The number of nitrogens with zero attached hydrogens (tertiary/aromatic N) is 1. The minimum absolute atomic E-state index is 0.120. The molecule has 1 aliphatic heterocycles. The van der Waals surface area contributed by atoms with Crippen molar-refractivity contribution in [3.8, 4) is 5.75 Å². The lowest BCUT2D eigenvalue weighted by Crippen LogP contribution is -2.44. The Bertz CT molecular complexity index is 1250. The Balaban J connectivity index is 1.34. The highest BCUT2D eigenvalue weighted by molar-refractivity contribution is 7.88. The van der Waals surface area contributed by atoms with Crippen molar-refractivity contribution in [3.05, 3.63) is 94.0 Å². The number of halogens is 2. The van der Waals surface area contributed by atoms with Gasteiger partial charge in [0.2, 0.25) is 15.9 Å². The number of carbonyl (C=O) groups excluding carboxylic acids is 1. The molecule has 1 aliphatic rings. The molecule has 1 N–H and O–H groups in total. The highest BCUT2D eigenvalue weighted by Crippen LogP contribution is 2.29. The Labute approximate surface area is 215 Å². The van der Waals surface area contributed by atoms with Crippen molar-refractivity contribution in [1.29, 1.82) is 0 Å². The number of carbonyl (C=O) groups is 1. The van der Waals surface area contributed by atoms with Crippen molar-refractivity contribution in [3.63, 3.8) is 0 Å². The van der Waals surface area contributed by atoms with Crippen LogP contribution in [0.4, 0.5) is 5.69 Å². The lowest BCUT2D eigenvalue weighted by Gasteiger charge is -2.31. The van der Waals surface area contributed by atoms with Gasteiger partial charge in [-0.15, -0.1) is 0 Å². The van der Waals surface area contributed by atoms with Crippen LogP contribution in [0.15, 0.2) is 72.8 Å². The van der Waals surface area contributed by atoms with Crippen LogP contribution in [0.1, 0.15) is 24.0 Å². The van der Waals surface area contributed by atoms with Crippen molar-refractivity contribution in [1.82, 2.24) is 4.31 Å². The Morgan fingerprint density at radius 1 is 0.971 bits per heavy atom. The predicted octanol–water partition coefficient (Wildman–Crippen LogP) is 5.75. The normalized spacial score (nSPS) is 16.6. The molecule has 9 heteroatoms. The zero-order valence-electron chi connectivity index (χ0n) is 19.0. The fraction of sp³-hybridized carbons (Fsp3) is 0.269. The number of nitrogens with one attached hydrogen (secondary N) is 1. The van der Waals surface area contributed by atoms with Crippen LogP contribution >= 0.6 is 23.2 Å². The van der Waals surface area contributed by atoms with Crippen LogP contribution in [0, 0.1) is 5.92 Å². The first-order valence-electron chi connectivity index (χ1n) is 11.3. The largest absolute Gasteiger partial charge is 0.489 e. The van der Waals surface area contributed by atoms with Gasteiger partial charge in [-0.2, -0.15) is 0 Å². The smallest absolute Gasteiger partial charge is 0.228 e. The first kappa shape index (κ1) is 25.5. The van der Waals surface area contributed by atoms with E-state index in [2.05, 4.69) is 5.32 Å². The standard InChI is InChI=1S/C26H26Cl2N2O4S/c27-24-9-4-10-25(28)23(24)18-35(32,33)30-15-5-8-20(16-30)26(31)29-21-11-13-22(14-12-21)34-17-19-6-2-1-3-7-19/h1-4,6-7,9-14,20H,5,8,15-18H2,(H,29,31)/t20-/m1/s1. The molecule has 1 atom stereocenters. The predicted molar refractivity (Wildman–Crippen MR) is 139 cm³/mol. The van der Waals surface area contributed by atoms with Crippen LogP contribution in [-0.4, -0.2) is 31.7 Å². The molecule has 3 aromatic rings. The van der Waals surface area contributed by atoms with Gasteiger partial charge in [-0.3, -0.25) is 4.79 Å². The molecular weight excluding hydrogens is 507 g/mol. The zero-order chi connectivity index (χ0) is 24.8. The average molecular weight is 533 g/mol. The number of piperidine rings is 1. The summed E-state index contributed by atoms with van der Waals surface area (Å²) in [6.07, 6.45) is 1.21. The third-order valence-electron chi connectivity index (χ3n) is 5.91. The fourth-order valence-corrected chi connectivity index (χ4v) is 6.33. The van der Waals surface area contributed by atoms with E-state index in [1.54, 1.807) is 42.5 Å². The molecule has 6 nitrogen and oxygen atoms in total. The summed E-state index contributed by atoms with van der Waals surface area (Å²) in [7, 11) is -3.69. The minimum atomic E-state index is -3.69. The monoisotopic (exact) mass is 532 g/mol. The number of rotatable bonds is 8. The third kappa shape index (κ3) is 6.76. The summed E-state index contributed by atoms with van der Waals surface area (Å²) < 4.78 is 33.2. The summed E-state index contributed by atoms with van der Waals surface area (Å²) in [5.74, 6) is -0.266. The van der Waals surface area contributed by atoms with Gasteiger partial charge in [-0.25, -0.2) is 12.7 Å². The molecular formula is C26H26Cl2N2O4S. The molecule has 184 valence electrons. The van der Waals surface area contributed by atoms with Gasteiger partial charge >= 0.3 is 0 Å². The first-order chi connectivity index (χ1) is 16.8. The van der Waals surface area contributed by atoms with Crippen molar-refractivity contribution in [2.75, 3.05) is 18.4 Å². The molecule has 1 amide bonds. The molecule has 1 saturated heterocycles. The van der Waals surface area contributed by atoms with Crippen LogP contribution in [0.3, 0.4) is 0 Å². The van der Waals surface area contributed by atoms with Gasteiger partial charge in [0.05, 0.1) is 11.7 Å². The van der Waals surface area contributed by atoms with Crippen LogP contribution in [0.5, 0.6) is 5.75 Å². The van der Waals surface area contributed by atoms with E-state index in [0.29, 0.717) is 53.0 Å².